The van der Waals surface area contributed by atoms with Crippen LogP contribution in [0, 0.1) is 0 Å². The van der Waals surface area contributed by atoms with Crippen molar-refractivity contribution < 1.29 is 13.2 Å². The molecule has 0 radical (unpaired) electrons. The van der Waals surface area contributed by atoms with Crippen LogP contribution in [0.25, 0.3) is 17.1 Å². The molecule has 0 saturated heterocycles. The zero-order valence-electron chi connectivity index (χ0n) is 18.4. The zero-order chi connectivity index (χ0) is 24.0. The van der Waals surface area contributed by atoms with E-state index in [0.29, 0.717) is 22.4 Å². The van der Waals surface area contributed by atoms with Gasteiger partial charge in [0.15, 0.2) is 11.0 Å². The van der Waals surface area contributed by atoms with Gasteiger partial charge in [0, 0.05) is 22.6 Å². The number of carbonyl (C=O) groups is 1. The molecule has 10 heteroatoms. The van der Waals surface area contributed by atoms with E-state index in [1.807, 2.05) is 65.2 Å². The summed E-state index contributed by atoms with van der Waals surface area (Å²) in [5, 5.41) is 12.1. The van der Waals surface area contributed by atoms with Gasteiger partial charge >= 0.3 is 0 Å². The van der Waals surface area contributed by atoms with Crippen molar-refractivity contribution in [2.24, 2.45) is 0 Å². The lowest BCUT2D eigenvalue weighted by Gasteiger charge is -2.11. The molecular weight excluding hydrogens is 470 g/mol. The fraction of sp³-hybridized carbons (Fsp3) is 0.125. The fourth-order valence-electron chi connectivity index (χ4n) is 3.15. The van der Waals surface area contributed by atoms with Crippen LogP contribution in [0.15, 0.2) is 90.1 Å². The molecule has 2 N–H and O–H groups in total. The van der Waals surface area contributed by atoms with Crippen LogP contribution in [0.2, 0.25) is 0 Å². The lowest BCUT2D eigenvalue weighted by molar-refractivity contribution is -0.113. The van der Waals surface area contributed by atoms with Gasteiger partial charge in [0.2, 0.25) is 15.9 Å². The van der Waals surface area contributed by atoms with E-state index in [4.69, 9.17) is 0 Å². The number of nitrogens with one attached hydrogen (secondary N) is 2. The van der Waals surface area contributed by atoms with E-state index < -0.39 is 10.0 Å². The summed E-state index contributed by atoms with van der Waals surface area (Å²) in [5.41, 5.74) is 2.84. The van der Waals surface area contributed by atoms with Crippen molar-refractivity contribution in [3.8, 4) is 17.1 Å². The first-order chi connectivity index (χ1) is 16.4. The summed E-state index contributed by atoms with van der Waals surface area (Å²) in [5.74, 6) is 0.599. The molecule has 0 aliphatic carbocycles. The molecule has 0 saturated carbocycles. The molecule has 8 nitrogen and oxygen atoms in total. The Morgan fingerprint density at radius 1 is 0.882 bits per heavy atom. The molecule has 1 amide bonds. The third-order valence-electron chi connectivity index (χ3n) is 4.83. The van der Waals surface area contributed by atoms with E-state index >= 15 is 0 Å². The van der Waals surface area contributed by atoms with E-state index in [1.165, 1.54) is 11.8 Å². The summed E-state index contributed by atoms with van der Waals surface area (Å²) in [6.07, 6.45) is 0. The molecule has 0 aliphatic rings. The van der Waals surface area contributed by atoms with Gasteiger partial charge in [0.25, 0.3) is 0 Å². The van der Waals surface area contributed by atoms with Gasteiger partial charge in [-0.25, -0.2) is 8.42 Å². The molecule has 1 heterocycles. The fourth-order valence-corrected chi connectivity index (χ4v) is 4.54. The van der Waals surface area contributed by atoms with Crippen molar-refractivity contribution in [2.75, 3.05) is 21.5 Å². The maximum atomic E-state index is 12.6. The standard InChI is InChI=1S/C24H23N5O3S2/c1-2-34(31,32)28-20-15-13-19(14-16-20)25-22(30)17-33-24-27-26-23(18-9-5-3-6-10-18)29(24)21-11-7-4-8-12-21/h3-16,28H,2,17H2,1H3,(H,25,30). The molecule has 3 aromatic carbocycles. The number of rotatable bonds is 9. The van der Waals surface area contributed by atoms with Crippen molar-refractivity contribution in [3.63, 3.8) is 0 Å². The Labute approximate surface area is 202 Å². The number of amides is 1. The summed E-state index contributed by atoms with van der Waals surface area (Å²) < 4.78 is 27.8. The van der Waals surface area contributed by atoms with Crippen LogP contribution in [-0.4, -0.2) is 40.6 Å². The highest BCUT2D eigenvalue weighted by Gasteiger charge is 2.17. The first kappa shape index (κ1) is 23.5. The molecule has 0 atom stereocenters. The van der Waals surface area contributed by atoms with E-state index in [0.717, 1.165) is 11.3 Å². The van der Waals surface area contributed by atoms with Crippen LogP contribution in [0.1, 0.15) is 6.92 Å². The van der Waals surface area contributed by atoms with Gasteiger partial charge < -0.3 is 5.32 Å². The number of aromatic nitrogens is 3. The van der Waals surface area contributed by atoms with Crippen LogP contribution in [0.4, 0.5) is 11.4 Å². The molecule has 34 heavy (non-hydrogen) atoms. The number of nitrogens with zero attached hydrogens (tertiary/aromatic N) is 3. The Morgan fingerprint density at radius 2 is 1.50 bits per heavy atom. The van der Waals surface area contributed by atoms with E-state index in [-0.39, 0.29) is 17.4 Å². The minimum atomic E-state index is -3.35. The lowest BCUT2D eigenvalue weighted by Crippen LogP contribution is -2.16. The van der Waals surface area contributed by atoms with Crippen molar-refractivity contribution in [1.29, 1.82) is 0 Å². The largest absolute Gasteiger partial charge is 0.325 e. The van der Waals surface area contributed by atoms with Gasteiger partial charge in [0.1, 0.15) is 0 Å². The SMILES string of the molecule is CCS(=O)(=O)Nc1ccc(NC(=O)CSc2nnc(-c3ccccc3)n2-c2ccccc2)cc1. The maximum absolute atomic E-state index is 12.6. The third kappa shape index (κ3) is 5.83. The predicted molar refractivity (Wildman–Crippen MR) is 136 cm³/mol. The summed E-state index contributed by atoms with van der Waals surface area (Å²) in [6.45, 7) is 1.57. The van der Waals surface area contributed by atoms with Crippen molar-refractivity contribution in [1.82, 2.24) is 14.8 Å². The third-order valence-corrected chi connectivity index (χ3v) is 7.07. The number of anilines is 2. The van der Waals surface area contributed by atoms with Gasteiger partial charge in [-0.3, -0.25) is 14.1 Å². The quantitative estimate of drug-likeness (QED) is 0.334. The zero-order valence-corrected chi connectivity index (χ0v) is 20.0. The number of benzene rings is 3. The van der Waals surface area contributed by atoms with E-state index in [9.17, 15) is 13.2 Å². The monoisotopic (exact) mass is 493 g/mol. The molecule has 0 aliphatic heterocycles. The van der Waals surface area contributed by atoms with Gasteiger partial charge in [0.05, 0.1) is 11.5 Å². The van der Waals surface area contributed by atoms with Gasteiger partial charge in [-0.2, -0.15) is 0 Å². The minimum Gasteiger partial charge on any atom is -0.325 e. The Morgan fingerprint density at radius 3 is 2.15 bits per heavy atom. The summed E-state index contributed by atoms with van der Waals surface area (Å²) in [4.78, 5) is 12.6. The second kappa shape index (κ2) is 10.5. The second-order valence-corrected chi connectivity index (χ2v) is 10.2. The highest BCUT2D eigenvalue weighted by Crippen LogP contribution is 2.28. The molecule has 1 aromatic heterocycles. The van der Waals surface area contributed by atoms with Crippen LogP contribution in [-0.2, 0) is 14.8 Å². The van der Waals surface area contributed by atoms with Crippen LogP contribution >= 0.6 is 11.8 Å². The smallest absolute Gasteiger partial charge is 0.234 e. The first-order valence-corrected chi connectivity index (χ1v) is 13.2. The molecule has 4 aromatic rings. The summed E-state index contributed by atoms with van der Waals surface area (Å²) in [7, 11) is -3.35. The number of sulfonamides is 1. The number of thioether (sulfide) groups is 1. The number of hydrogen-bond donors (Lipinski definition) is 2. The molecule has 0 spiro atoms. The Balaban J connectivity index is 1.46. The molecule has 0 bridgehead atoms. The molecule has 0 fully saturated rings. The van der Waals surface area contributed by atoms with E-state index in [1.54, 1.807) is 31.2 Å². The summed E-state index contributed by atoms with van der Waals surface area (Å²) in [6, 6.07) is 26.0. The molecular formula is C24H23N5O3S2. The number of hydrogen-bond acceptors (Lipinski definition) is 6. The number of carbonyl (C=O) groups excluding carboxylic acids is 1. The van der Waals surface area contributed by atoms with Gasteiger partial charge in [-0.15, -0.1) is 10.2 Å². The van der Waals surface area contributed by atoms with Gasteiger partial charge in [-0.1, -0.05) is 60.3 Å². The Bertz CT molecular complexity index is 1360. The molecule has 4 rings (SSSR count). The van der Waals surface area contributed by atoms with E-state index in [2.05, 4.69) is 20.2 Å². The van der Waals surface area contributed by atoms with Crippen LogP contribution in [0.3, 0.4) is 0 Å². The minimum absolute atomic E-state index is 0.0116. The lowest BCUT2D eigenvalue weighted by atomic mass is 10.2. The van der Waals surface area contributed by atoms with Crippen molar-refractivity contribution in [2.45, 2.75) is 12.1 Å². The predicted octanol–water partition coefficient (Wildman–Crippen LogP) is 4.43. The Kier molecular flexibility index (Phi) is 7.29. The average Bonchev–Trinajstić information content (AvgIpc) is 3.29. The summed E-state index contributed by atoms with van der Waals surface area (Å²) >= 11 is 1.28. The van der Waals surface area contributed by atoms with Gasteiger partial charge in [-0.05, 0) is 43.3 Å². The first-order valence-electron chi connectivity index (χ1n) is 10.5. The normalized spacial score (nSPS) is 11.2. The van der Waals surface area contributed by atoms with Crippen LogP contribution in [0.5, 0.6) is 0 Å². The average molecular weight is 494 g/mol. The molecule has 174 valence electrons. The topological polar surface area (TPSA) is 106 Å². The molecule has 0 unspecified atom stereocenters. The highest BCUT2D eigenvalue weighted by atomic mass is 32.2. The Hall–Kier alpha value is -3.63. The number of para-hydroxylation sites is 1. The van der Waals surface area contributed by atoms with Crippen molar-refractivity contribution >= 4 is 39.1 Å². The highest BCUT2D eigenvalue weighted by molar-refractivity contribution is 7.99. The van der Waals surface area contributed by atoms with Crippen LogP contribution < -0.4 is 10.0 Å². The maximum Gasteiger partial charge on any atom is 0.234 e. The van der Waals surface area contributed by atoms with Crippen molar-refractivity contribution in [3.05, 3.63) is 84.9 Å². The second-order valence-electron chi connectivity index (χ2n) is 7.26.